The molecule has 0 unspecified atom stereocenters. The van der Waals surface area contributed by atoms with Crippen LogP contribution in [0.3, 0.4) is 0 Å². The zero-order valence-electron chi connectivity index (χ0n) is 7.17. The molecule has 0 heterocycles. The van der Waals surface area contributed by atoms with Crippen LogP contribution in [0.1, 0.15) is 5.56 Å². The maximum Gasteiger partial charge on any atom is 0.143 e. The molecule has 0 aromatic heterocycles. The number of aliphatic imine (C=N–C) groups is 1. The Balaban J connectivity index is 3.23. The monoisotopic (exact) mass is 211 g/mol. The summed E-state index contributed by atoms with van der Waals surface area (Å²) in [6.07, 6.45) is 0. The van der Waals surface area contributed by atoms with Crippen molar-refractivity contribution in [2.24, 2.45) is 10.7 Å². The van der Waals surface area contributed by atoms with Crippen LogP contribution in [-0.4, -0.2) is 11.7 Å². The average molecular weight is 212 g/mol. The van der Waals surface area contributed by atoms with Gasteiger partial charge in [-0.3, -0.25) is 0 Å². The van der Waals surface area contributed by atoms with Gasteiger partial charge in [0.2, 0.25) is 0 Å². The number of benzene rings is 1. The van der Waals surface area contributed by atoms with Crippen molar-refractivity contribution in [2.75, 3.05) is 5.88 Å². The molecule has 0 radical (unpaired) electrons. The van der Waals surface area contributed by atoms with Gasteiger partial charge in [0.05, 0.1) is 11.6 Å². The molecule has 0 saturated heterocycles. The minimum absolute atomic E-state index is 0.0430. The first-order valence-electron chi connectivity index (χ1n) is 3.76. The van der Waals surface area contributed by atoms with E-state index in [9.17, 15) is 4.39 Å². The second-order valence-corrected chi connectivity index (χ2v) is 2.75. The first-order chi connectivity index (χ1) is 6.69. The Hall–Kier alpha value is -1.60. The fourth-order valence-corrected chi connectivity index (χ4v) is 0.961. The maximum atomic E-state index is 13.0. The number of alkyl halides is 1. The topological polar surface area (TPSA) is 62.2 Å². The van der Waals surface area contributed by atoms with Gasteiger partial charge < -0.3 is 5.73 Å². The quantitative estimate of drug-likeness (QED) is 0.462. The van der Waals surface area contributed by atoms with E-state index in [1.807, 2.05) is 0 Å². The summed E-state index contributed by atoms with van der Waals surface area (Å²) in [5, 5.41) is 8.65. The van der Waals surface area contributed by atoms with E-state index in [2.05, 4.69) is 4.99 Å². The molecule has 0 saturated carbocycles. The van der Waals surface area contributed by atoms with Gasteiger partial charge in [0, 0.05) is 0 Å². The highest BCUT2D eigenvalue weighted by atomic mass is 35.5. The molecule has 2 N–H and O–H groups in total. The summed E-state index contributed by atoms with van der Waals surface area (Å²) < 4.78 is 13.0. The van der Waals surface area contributed by atoms with Crippen molar-refractivity contribution in [2.45, 2.75) is 0 Å². The highest BCUT2D eigenvalue weighted by molar-refractivity contribution is 6.28. The third kappa shape index (κ3) is 2.21. The number of nitrogens with two attached hydrogens (primary N) is 1. The van der Waals surface area contributed by atoms with Crippen LogP contribution in [0, 0.1) is 17.1 Å². The minimum Gasteiger partial charge on any atom is -0.386 e. The van der Waals surface area contributed by atoms with Gasteiger partial charge in [-0.1, -0.05) is 6.07 Å². The first-order valence-corrected chi connectivity index (χ1v) is 4.30. The highest BCUT2D eigenvalue weighted by Crippen LogP contribution is 2.20. The van der Waals surface area contributed by atoms with Crippen LogP contribution in [0.2, 0.25) is 0 Å². The lowest BCUT2D eigenvalue weighted by Gasteiger charge is -1.99. The van der Waals surface area contributed by atoms with E-state index in [4.69, 9.17) is 22.6 Å². The number of nitrogens with zero attached hydrogens (tertiary/aromatic N) is 2. The zero-order chi connectivity index (χ0) is 10.6. The van der Waals surface area contributed by atoms with E-state index in [1.54, 1.807) is 6.07 Å². The number of amidine groups is 1. The van der Waals surface area contributed by atoms with Crippen molar-refractivity contribution in [3.63, 3.8) is 0 Å². The van der Waals surface area contributed by atoms with Gasteiger partial charge >= 0.3 is 0 Å². The van der Waals surface area contributed by atoms with E-state index in [-0.39, 0.29) is 23.0 Å². The predicted molar refractivity (Wildman–Crippen MR) is 53.1 cm³/mol. The second-order valence-electron chi connectivity index (χ2n) is 2.48. The van der Waals surface area contributed by atoms with Crippen LogP contribution < -0.4 is 5.73 Å². The van der Waals surface area contributed by atoms with Crippen LogP contribution in [0.4, 0.5) is 10.1 Å². The van der Waals surface area contributed by atoms with Gasteiger partial charge in [0.25, 0.3) is 0 Å². The number of halogens is 2. The molecule has 0 atom stereocenters. The van der Waals surface area contributed by atoms with Crippen LogP contribution in [0.25, 0.3) is 0 Å². The zero-order valence-corrected chi connectivity index (χ0v) is 7.92. The fourth-order valence-electron chi connectivity index (χ4n) is 0.901. The summed E-state index contributed by atoms with van der Waals surface area (Å²) in [7, 11) is 0. The summed E-state index contributed by atoms with van der Waals surface area (Å²) >= 11 is 5.40. The number of rotatable bonds is 2. The van der Waals surface area contributed by atoms with E-state index < -0.39 is 5.82 Å². The third-order valence-corrected chi connectivity index (χ3v) is 1.78. The van der Waals surface area contributed by atoms with Crippen LogP contribution in [0.15, 0.2) is 23.2 Å². The molecule has 1 aromatic carbocycles. The van der Waals surface area contributed by atoms with Gasteiger partial charge in [-0.05, 0) is 12.1 Å². The molecule has 14 heavy (non-hydrogen) atoms. The summed E-state index contributed by atoms with van der Waals surface area (Å²) in [5.41, 5.74) is 5.44. The van der Waals surface area contributed by atoms with Gasteiger partial charge in [-0.25, -0.2) is 9.38 Å². The highest BCUT2D eigenvalue weighted by Gasteiger charge is 2.06. The molecule has 0 bridgehead atoms. The summed E-state index contributed by atoms with van der Waals surface area (Å²) in [6, 6.07) is 5.86. The lowest BCUT2D eigenvalue weighted by molar-refractivity contribution is 0.624. The SMILES string of the molecule is N#Cc1c(F)cccc1N=C(N)CCl. The summed E-state index contributed by atoms with van der Waals surface area (Å²) in [5.74, 6) is -0.425. The minimum atomic E-state index is -0.615. The lowest BCUT2D eigenvalue weighted by Crippen LogP contribution is -2.12. The standard InChI is InChI=1S/C9H7ClFN3/c10-4-9(13)14-8-3-1-2-7(11)6(8)5-12/h1-3H,4H2,(H2,13,14). The molecule has 1 rings (SSSR count). The molecular formula is C9H7ClFN3. The smallest absolute Gasteiger partial charge is 0.143 e. The second kappa shape index (κ2) is 4.58. The van der Waals surface area contributed by atoms with Gasteiger partial charge in [0.1, 0.15) is 23.3 Å². The molecule has 0 aliphatic carbocycles. The Morgan fingerprint density at radius 3 is 2.93 bits per heavy atom. The van der Waals surface area contributed by atoms with Gasteiger partial charge in [-0.2, -0.15) is 5.26 Å². The average Bonchev–Trinajstić information content (AvgIpc) is 2.18. The molecule has 0 spiro atoms. The van der Waals surface area contributed by atoms with E-state index >= 15 is 0 Å². The van der Waals surface area contributed by atoms with Crippen molar-refractivity contribution in [3.05, 3.63) is 29.6 Å². The Morgan fingerprint density at radius 2 is 2.36 bits per heavy atom. The number of nitriles is 1. The molecule has 3 nitrogen and oxygen atoms in total. The van der Waals surface area contributed by atoms with E-state index in [1.165, 1.54) is 18.2 Å². The predicted octanol–water partition coefficient (Wildman–Crippen LogP) is 1.92. The molecule has 0 aliphatic rings. The summed E-state index contributed by atoms with van der Waals surface area (Å²) in [6.45, 7) is 0. The lowest BCUT2D eigenvalue weighted by atomic mass is 10.2. The molecule has 0 aliphatic heterocycles. The summed E-state index contributed by atoms with van der Waals surface area (Å²) in [4.78, 5) is 3.81. The van der Waals surface area contributed by atoms with Crippen molar-refractivity contribution < 1.29 is 4.39 Å². The van der Waals surface area contributed by atoms with Gasteiger partial charge in [0.15, 0.2) is 0 Å². The van der Waals surface area contributed by atoms with Crippen molar-refractivity contribution in [1.29, 1.82) is 5.26 Å². The molecular weight excluding hydrogens is 205 g/mol. The Kier molecular flexibility index (Phi) is 3.43. The fraction of sp³-hybridized carbons (Fsp3) is 0.111. The van der Waals surface area contributed by atoms with Crippen LogP contribution >= 0.6 is 11.6 Å². The maximum absolute atomic E-state index is 13.0. The largest absolute Gasteiger partial charge is 0.386 e. The van der Waals surface area contributed by atoms with Crippen molar-refractivity contribution in [3.8, 4) is 6.07 Å². The molecule has 0 amide bonds. The number of hydrogen-bond donors (Lipinski definition) is 1. The van der Waals surface area contributed by atoms with Crippen LogP contribution in [-0.2, 0) is 0 Å². The van der Waals surface area contributed by atoms with Crippen molar-refractivity contribution >= 4 is 23.1 Å². The van der Waals surface area contributed by atoms with E-state index in [0.29, 0.717) is 0 Å². The number of hydrogen-bond acceptors (Lipinski definition) is 2. The normalized spacial score (nSPS) is 11.1. The Morgan fingerprint density at radius 1 is 1.64 bits per heavy atom. The molecule has 0 fully saturated rings. The first kappa shape index (κ1) is 10.5. The van der Waals surface area contributed by atoms with Crippen molar-refractivity contribution in [1.82, 2.24) is 0 Å². The Bertz CT molecular complexity index is 409. The Labute approximate surface area is 85.6 Å². The molecule has 72 valence electrons. The third-order valence-electron chi connectivity index (χ3n) is 1.50. The van der Waals surface area contributed by atoms with Crippen LogP contribution in [0.5, 0.6) is 0 Å². The van der Waals surface area contributed by atoms with Gasteiger partial charge in [-0.15, -0.1) is 11.6 Å². The molecule has 5 heteroatoms. The molecule has 1 aromatic rings. The van der Waals surface area contributed by atoms with E-state index in [0.717, 1.165) is 0 Å².